The molecule has 10 heteroatoms. The Kier molecular flexibility index (Phi) is 8.61. The minimum Gasteiger partial charge on any atom is -0.475 e. The lowest BCUT2D eigenvalue weighted by Gasteiger charge is -2.33. The number of hydrogen-bond acceptors (Lipinski definition) is 8. The minimum absolute atomic E-state index is 0.00776. The summed E-state index contributed by atoms with van der Waals surface area (Å²) in [5, 5.41) is 0. The molecule has 0 atom stereocenters. The fraction of sp³-hybridized carbons (Fsp3) is 0.667. The molecule has 0 N–H and O–H groups in total. The molecule has 2 rings (SSSR count). The highest BCUT2D eigenvalue weighted by Gasteiger charge is 2.30. The van der Waals surface area contributed by atoms with Crippen LogP contribution < -0.4 is 4.74 Å². The Bertz CT molecular complexity index is 748. The zero-order chi connectivity index (χ0) is 20.6. The van der Waals surface area contributed by atoms with Gasteiger partial charge in [0.05, 0.1) is 19.4 Å². The van der Waals surface area contributed by atoms with E-state index in [9.17, 15) is 13.2 Å². The number of likely N-dealkylation sites (N-methyl/N-ethyl adjacent to an activating group) is 1. The highest BCUT2D eigenvalue weighted by atomic mass is 32.2. The van der Waals surface area contributed by atoms with Crippen LogP contribution in [0.5, 0.6) is 5.88 Å². The molecule has 0 amide bonds. The van der Waals surface area contributed by atoms with Crippen LogP contribution in [-0.4, -0.2) is 87.7 Å². The van der Waals surface area contributed by atoms with Crippen molar-refractivity contribution in [2.75, 3.05) is 59.2 Å². The molecule has 0 unspecified atom stereocenters. The first kappa shape index (κ1) is 22.5. The molecule has 1 aromatic rings. The van der Waals surface area contributed by atoms with E-state index in [1.165, 1.54) is 16.6 Å². The van der Waals surface area contributed by atoms with Crippen LogP contribution in [0.2, 0.25) is 0 Å². The van der Waals surface area contributed by atoms with Crippen LogP contribution in [0.15, 0.2) is 17.2 Å². The van der Waals surface area contributed by atoms with Gasteiger partial charge in [-0.05, 0) is 26.5 Å². The molecule has 0 aliphatic carbocycles. The van der Waals surface area contributed by atoms with E-state index < -0.39 is 16.0 Å². The lowest BCUT2D eigenvalue weighted by atomic mass is 10.3. The van der Waals surface area contributed by atoms with E-state index in [4.69, 9.17) is 14.2 Å². The summed E-state index contributed by atoms with van der Waals surface area (Å²) in [7, 11) is -3.75. The second-order valence-electron chi connectivity index (χ2n) is 6.13. The van der Waals surface area contributed by atoms with Crippen LogP contribution in [0.25, 0.3) is 0 Å². The molecule has 1 fully saturated rings. The number of carbonyl (C=O) groups is 1. The molecule has 28 heavy (non-hydrogen) atoms. The van der Waals surface area contributed by atoms with Gasteiger partial charge in [-0.1, -0.05) is 6.92 Å². The van der Waals surface area contributed by atoms with Gasteiger partial charge in [-0.15, -0.1) is 0 Å². The predicted octanol–water partition coefficient (Wildman–Crippen LogP) is 1.000. The fourth-order valence-electron chi connectivity index (χ4n) is 2.82. The molecule has 0 radical (unpaired) electrons. The summed E-state index contributed by atoms with van der Waals surface area (Å²) in [6.45, 7) is 9.85. The van der Waals surface area contributed by atoms with Gasteiger partial charge in [-0.2, -0.15) is 4.31 Å². The number of nitrogens with zero attached hydrogens (tertiary/aromatic N) is 3. The topological polar surface area (TPSA) is 98.3 Å². The summed E-state index contributed by atoms with van der Waals surface area (Å²) in [6.07, 6.45) is 1.22. The first-order valence-electron chi connectivity index (χ1n) is 9.54. The van der Waals surface area contributed by atoms with Crippen molar-refractivity contribution in [3.05, 3.63) is 17.8 Å². The van der Waals surface area contributed by atoms with E-state index in [-0.39, 0.29) is 29.6 Å². The van der Waals surface area contributed by atoms with Crippen molar-refractivity contribution in [3.8, 4) is 5.88 Å². The maximum absolute atomic E-state index is 13.0. The zero-order valence-corrected chi connectivity index (χ0v) is 17.5. The van der Waals surface area contributed by atoms with Crippen molar-refractivity contribution in [2.45, 2.75) is 25.7 Å². The van der Waals surface area contributed by atoms with E-state index in [1.54, 1.807) is 6.92 Å². The van der Waals surface area contributed by atoms with E-state index in [0.717, 1.165) is 6.54 Å². The third-order valence-electron chi connectivity index (χ3n) is 4.41. The van der Waals surface area contributed by atoms with Crippen LogP contribution in [0.4, 0.5) is 0 Å². The number of aromatic nitrogens is 1. The maximum Gasteiger partial charge on any atom is 0.343 e. The third-order valence-corrected chi connectivity index (χ3v) is 6.27. The molecule has 0 spiro atoms. The summed E-state index contributed by atoms with van der Waals surface area (Å²) < 4.78 is 43.1. The van der Waals surface area contributed by atoms with Gasteiger partial charge >= 0.3 is 5.97 Å². The molecule has 1 aliphatic rings. The van der Waals surface area contributed by atoms with Gasteiger partial charge in [0, 0.05) is 32.8 Å². The molecule has 158 valence electrons. The van der Waals surface area contributed by atoms with Crippen molar-refractivity contribution in [1.29, 1.82) is 0 Å². The van der Waals surface area contributed by atoms with E-state index >= 15 is 0 Å². The van der Waals surface area contributed by atoms with Crippen LogP contribution in [-0.2, 0) is 19.5 Å². The van der Waals surface area contributed by atoms with E-state index in [1.807, 2.05) is 13.8 Å². The molecular formula is C18H29N3O6S. The summed E-state index contributed by atoms with van der Waals surface area (Å²) in [5.41, 5.74) is -0.00776. The number of hydrogen-bond donors (Lipinski definition) is 0. The normalized spacial score (nSPS) is 16.1. The third kappa shape index (κ3) is 5.63. The largest absolute Gasteiger partial charge is 0.475 e. The Hall–Kier alpha value is -1.75. The van der Waals surface area contributed by atoms with Crippen molar-refractivity contribution in [3.63, 3.8) is 0 Å². The monoisotopic (exact) mass is 415 g/mol. The number of ether oxygens (including phenoxy) is 3. The quantitative estimate of drug-likeness (QED) is 0.412. The van der Waals surface area contributed by atoms with Crippen LogP contribution in [0.1, 0.15) is 31.1 Å². The Morgan fingerprint density at radius 1 is 1.11 bits per heavy atom. The second kappa shape index (κ2) is 10.7. The number of sulfonamides is 1. The van der Waals surface area contributed by atoms with E-state index in [0.29, 0.717) is 39.4 Å². The average molecular weight is 416 g/mol. The first-order valence-corrected chi connectivity index (χ1v) is 11.0. The van der Waals surface area contributed by atoms with Gasteiger partial charge in [-0.3, -0.25) is 0 Å². The van der Waals surface area contributed by atoms with Gasteiger partial charge in [0.1, 0.15) is 17.1 Å². The SMILES string of the molecule is CCOCCOc1ncc(S(=O)(=O)N2CCN(CC)CC2)cc1C(=O)OCC. The highest BCUT2D eigenvalue weighted by molar-refractivity contribution is 7.89. The van der Waals surface area contributed by atoms with Gasteiger partial charge < -0.3 is 19.1 Å². The Labute approximate surface area is 166 Å². The number of rotatable bonds is 10. The Balaban J connectivity index is 2.24. The number of pyridine rings is 1. The fourth-order valence-corrected chi connectivity index (χ4v) is 4.22. The molecule has 9 nitrogen and oxygen atoms in total. The number of carbonyl (C=O) groups excluding carboxylic acids is 1. The van der Waals surface area contributed by atoms with Crippen molar-refractivity contribution >= 4 is 16.0 Å². The maximum atomic E-state index is 13.0. The summed E-state index contributed by atoms with van der Waals surface area (Å²) in [6, 6.07) is 1.28. The molecule has 1 saturated heterocycles. The average Bonchev–Trinajstić information content (AvgIpc) is 2.71. The van der Waals surface area contributed by atoms with Gasteiger partial charge in [0.15, 0.2) is 0 Å². The molecule has 0 bridgehead atoms. The number of piperazine rings is 1. The van der Waals surface area contributed by atoms with Crippen molar-refractivity contribution in [2.24, 2.45) is 0 Å². The Morgan fingerprint density at radius 3 is 2.43 bits per heavy atom. The minimum atomic E-state index is -3.75. The Morgan fingerprint density at radius 2 is 1.82 bits per heavy atom. The predicted molar refractivity (Wildman–Crippen MR) is 103 cm³/mol. The van der Waals surface area contributed by atoms with Crippen LogP contribution >= 0.6 is 0 Å². The molecule has 1 aromatic heterocycles. The standard InChI is InChI=1S/C18H29N3O6S/c1-4-20-7-9-21(10-8-20)28(23,24)15-13-16(18(22)26-6-3)17(19-14-15)27-12-11-25-5-2/h13-14H,4-12H2,1-3H3. The summed E-state index contributed by atoms with van der Waals surface area (Å²) in [5.74, 6) is -0.637. The van der Waals surface area contributed by atoms with Crippen LogP contribution in [0.3, 0.4) is 0 Å². The van der Waals surface area contributed by atoms with Gasteiger partial charge in [0.2, 0.25) is 15.9 Å². The first-order chi connectivity index (χ1) is 13.4. The molecule has 0 saturated carbocycles. The molecular weight excluding hydrogens is 386 g/mol. The van der Waals surface area contributed by atoms with Crippen LogP contribution in [0, 0.1) is 0 Å². The lowest BCUT2D eigenvalue weighted by molar-refractivity contribution is 0.0516. The molecule has 1 aliphatic heterocycles. The zero-order valence-electron chi connectivity index (χ0n) is 16.7. The summed E-state index contributed by atoms with van der Waals surface area (Å²) in [4.78, 5) is 18.5. The smallest absolute Gasteiger partial charge is 0.343 e. The lowest BCUT2D eigenvalue weighted by Crippen LogP contribution is -2.48. The van der Waals surface area contributed by atoms with Crippen molar-refractivity contribution < 1.29 is 27.4 Å². The summed E-state index contributed by atoms with van der Waals surface area (Å²) >= 11 is 0. The van der Waals surface area contributed by atoms with Crippen molar-refractivity contribution in [1.82, 2.24) is 14.2 Å². The molecule has 0 aromatic carbocycles. The number of esters is 1. The van der Waals surface area contributed by atoms with Gasteiger partial charge in [0.25, 0.3) is 0 Å². The van der Waals surface area contributed by atoms with Gasteiger partial charge in [-0.25, -0.2) is 18.2 Å². The molecule has 2 heterocycles. The second-order valence-corrected chi connectivity index (χ2v) is 8.07. The highest BCUT2D eigenvalue weighted by Crippen LogP contribution is 2.24. The van der Waals surface area contributed by atoms with E-state index in [2.05, 4.69) is 9.88 Å².